The average Bonchev–Trinajstić information content (AvgIpc) is 2.53. The predicted octanol–water partition coefficient (Wildman–Crippen LogP) is 3.74. The van der Waals surface area contributed by atoms with E-state index >= 15 is 0 Å². The van der Waals surface area contributed by atoms with E-state index in [2.05, 4.69) is 17.4 Å². The van der Waals surface area contributed by atoms with Crippen LogP contribution in [-0.4, -0.2) is 5.78 Å². The number of benzene rings is 2. The molecular formula is C18H15NO. The van der Waals surface area contributed by atoms with Gasteiger partial charge in [-0.2, -0.15) is 0 Å². The minimum absolute atomic E-state index is 0.0273. The summed E-state index contributed by atoms with van der Waals surface area (Å²) < 4.78 is 0. The first-order chi connectivity index (χ1) is 9.84. The Hall–Kier alpha value is -2.61. The third-order valence-corrected chi connectivity index (χ3v) is 3.37. The van der Waals surface area contributed by atoms with Crippen molar-refractivity contribution in [1.29, 1.82) is 0 Å². The zero-order chi connectivity index (χ0) is 13.8. The Morgan fingerprint density at radius 3 is 2.60 bits per heavy atom. The van der Waals surface area contributed by atoms with Crippen LogP contribution in [0, 0.1) is 0 Å². The molecule has 98 valence electrons. The first-order valence-corrected chi connectivity index (χ1v) is 6.64. The zero-order valence-electron chi connectivity index (χ0n) is 11.0. The second kappa shape index (κ2) is 5.57. The lowest BCUT2D eigenvalue weighted by atomic mass is 9.97. The zero-order valence-corrected chi connectivity index (χ0v) is 11.0. The standard InChI is InChI=1S/C18H15NO/c20-18(15-7-2-1-3-8-15)11-10-17-16-9-5-4-6-14(16)12-13-19-17/h1-13,17,19H/b11-10+/t17-/m1/s1. The van der Waals surface area contributed by atoms with Crippen LogP contribution >= 0.6 is 0 Å². The van der Waals surface area contributed by atoms with Gasteiger partial charge in [0.1, 0.15) is 0 Å². The largest absolute Gasteiger partial charge is 0.381 e. The van der Waals surface area contributed by atoms with E-state index in [9.17, 15) is 4.79 Å². The summed E-state index contributed by atoms with van der Waals surface area (Å²) in [6, 6.07) is 17.5. The summed E-state index contributed by atoms with van der Waals surface area (Å²) in [6.07, 6.45) is 7.52. The van der Waals surface area contributed by atoms with Gasteiger partial charge in [0, 0.05) is 5.56 Å². The van der Waals surface area contributed by atoms with Crippen molar-refractivity contribution in [3.8, 4) is 0 Å². The van der Waals surface area contributed by atoms with Gasteiger partial charge in [-0.1, -0.05) is 60.7 Å². The van der Waals surface area contributed by atoms with Gasteiger partial charge >= 0.3 is 0 Å². The van der Waals surface area contributed by atoms with E-state index in [-0.39, 0.29) is 11.8 Å². The molecule has 1 heterocycles. The van der Waals surface area contributed by atoms with E-state index in [1.165, 1.54) is 11.1 Å². The molecule has 2 aromatic rings. The van der Waals surface area contributed by atoms with Crippen molar-refractivity contribution in [3.05, 3.63) is 89.6 Å². The van der Waals surface area contributed by atoms with Crippen LogP contribution in [0.15, 0.2) is 72.9 Å². The van der Waals surface area contributed by atoms with Crippen molar-refractivity contribution in [1.82, 2.24) is 5.32 Å². The van der Waals surface area contributed by atoms with Crippen LogP contribution in [0.4, 0.5) is 0 Å². The lowest BCUT2D eigenvalue weighted by Crippen LogP contribution is -2.17. The second-order valence-electron chi connectivity index (χ2n) is 4.70. The van der Waals surface area contributed by atoms with Gasteiger partial charge in [-0.25, -0.2) is 0 Å². The molecule has 0 unspecified atom stereocenters. The molecule has 3 rings (SSSR count). The molecule has 0 bridgehead atoms. The summed E-state index contributed by atoms with van der Waals surface area (Å²) in [5, 5.41) is 3.26. The molecule has 0 spiro atoms. The Bertz CT molecular complexity index is 671. The van der Waals surface area contributed by atoms with Crippen molar-refractivity contribution in [3.63, 3.8) is 0 Å². The highest BCUT2D eigenvalue weighted by molar-refractivity contribution is 6.04. The molecule has 1 aliphatic heterocycles. The molecule has 0 aliphatic carbocycles. The van der Waals surface area contributed by atoms with Crippen LogP contribution in [0.5, 0.6) is 0 Å². The number of allylic oxidation sites excluding steroid dienone is 1. The molecule has 0 saturated carbocycles. The number of hydrogen-bond acceptors (Lipinski definition) is 2. The molecule has 0 fully saturated rings. The van der Waals surface area contributed by atoms with E-state index in [0.29, 0.717) is 5.56 Å². The monoisotopic (exact) mass is 261 g/mol. The average molecular weight is 261 g/mol. The minimum Gasteiger partial charge on any atom is -0.381 e. The highest BCUT2D eigenvalue weighted by Crippen LogP contribution is 2.24. The summed E-state index contributed by atoms with van der Waals surface area (Å²) >= 11 is 0. The molecule has 1 aliphatic rings. The van der Waals surface area contributed by atoms with Gasteiger partial charge in [0.2, 0.25) is 0 Å². The number of carbonyl (C=O) groups excluding carboxylic acids is 1. The predicted molar refractivity (Wildman–Crippen MR) is 81.3 cm³/mol. The fourth-order valence-corrected chi connectivity index (χ4v) is 2.32. The maximum atomic E-state index is 12.1. The summed E-state index contributed by atoms with van der Waals surface area (Å²) in [6.45, 7) is 0. The molecule has 2 nitrogen and oxygen atoms in total. The molecule has 0 radical (unpaired) electrons. The normalized spacial score (nSPS) is 16.7. The Morgan fingerprint density at radius 2 is 1.75 bits per heavy atom. The van der Waals surface area contributed by atoms with Gasteiger partial charge in [0.15, 0.2) is 5.78 Å². The number of rotatable bonds is 3. The van der Waals surface area contributed by atoms with Crippen LogP contribution in [0.25, 0.3) is 6.08 Å². The van der Waals surface area contributed by atoms with Crippen molar-refractivity contribution >= 4 is 11.9 Å². The summed E-state index contributed by atoms with van der Waals surface area (Å²) in [7, 11) is 0. The van der Waals surface area contributed by atoms with Gasteiger partial charge in [-0.3, -0.25) is 4.79 Å². The highest BCUT2D eigenvalue weighted by atomic mass is 16.1. The Kier molecular flexibility index (Phi) is 3.46. The first kappa shape index (κ1) is 12.4. The number of nitrogens with one attached hydrogen (secondary N) is 1. The number of hydrogen-bond donors (Lipinski definition) is 1. The summed E-state index contributed by atoms with van der Waals surface area (Å²) in [5.74, 6) is 0.0273. The van der Waals surface area contributed by atoms with Crippen molar-refractivity contribution in [2.45, 2.75) is 6.04 Å². The molecule has 1 N–H and O–H groups in total. The highest BCUT2D eigenvalue weighted by Gasteiger charge is 2.13. The van der Waals surface area contributed by atoms with E-state index < -0.39 is 0 Å². The lowest BCUT2D eigenvalue weighted by Gasteiger charge is -2.20. The molecule has 0 saturated heterocycles. The summed E-state index contributed by atoms with van der Waals surface area (Å²) in [4.78, 5) is 12.1. The first-order valence-electron chi connectivity index (χ1n) is 6.64. The third kappa shape index (κ3) is 2.54. The number of fused-ring (bicyclic) bond motifs is 1. The SMILES string of the molecule is O=C(/C=C/[C@H]1NC=Cc2ccccc21)c1ccccc1. The Labute approximate surface area is 118 Å². The maximum Gasteiger partial charge on any atom is 0.185 e. The van der Waals surface area contributed by atoms with E-state index in [0.717, 1.165) is 0 Å². The van der Waals surface area contributed by atoms with Crippen LogP contribution < -0.4 is 5.32 Å². The van der Waals surface area contributed by atoms with Crippen LogP contribution in [0.2, 0.25) is 0 Å². The summed E-state index contributed by atoms with van der Waals surface area (Å²) in [5.41, 5.74) is 3.09. The van der Waals surface area contributed by atoms with Crippen molar-refractivity contribution in [2.75, 3.05) is 0 Å². The van der Waals surface area contributed by atoms with Gasteiger partial charge in [0.25, 0.3) is 0 Å². The molecule has 1 atom stereocenters. The molecule has 0 aromatic heterocycles. The number of carbonyl (C=O) groups is 1. The van der Waals surface area contributed by atoms with Crippen molar-refractivity contribution in [2.24, 2.45) is 0 Å². The smallest absolute Gasteiger partial charge is 0.185 e. The van der Waals surface area contributed by atoms with Gasteiger partial charge in [-0.15, -0.1) is 0 Å². The van der Waals surface area contributed by atoms with Gasteiger partial charge in [-0.05, 0) is 29.5 Å². The van der Waals surface area contributed by atoms with E-state index in [1.54, 1.807) is 6.08 Å². The minimum atomic E-state index is 0.0273. The maximum absolute atomic E-state index is 12.1. The van der Waals surface area contributed by atoms with Crippen LogP contribution in [0.3, 0.4) is 0 Å². The van der Waals surface area contributed by atoms with Gasteiger partial charge < -0.3 is 5.32 Å². The molecular weight excluding hydrogens is 246 g/mol. The third-order valence-electron chi connectivity index (χ3n) is 3.37. The van der Waals surface area contributed by atoms with Crippen LogP contribution in [-0.2, 0) is 0 Å². The molecule has 2 aromatic carbocycles. The molecule has 20 heavy (non-hydrogen) atoms. The topological polar surface area (TPSA) is 29.1 Å². The quantitative estimate of drug-likeness (QED) is 0.673. The Morgan fingerprint density at radius 1 is 1.00 bits per heavy atom. The van der Waals surface area contributed by atoms with Crippen LogP contribution in [0.1, 0.15) is 27.5 Å². The fourth-order valence-electron chi connectivity index (χ4n) is 2.32. The molecule has 0 amide bonds. The second-order valence-corrected chi connectivity index (χ2v) is 4.70. The fraction of sp³-hybridized carbons (Fsp3) is 0.0556. The molecule has 2 heteroatoms. The lowest BCUT2D eigenvalue weighted by molar-refractivity contribution is 0.104. The van der Waals surface area contributed by atoms with E-state index in [4.69, 9.17) is 0 Å². The number of ketones is 1. The van der Waals surface area contributed by atoms with E-state index in [1.807, 2.05) is 60.8 Å². The Balaban J connectivity index is 1.80. The van der Waals surface area contributed by atoms with Crippen molar-refractivity contribution < 1.29 is 4.79 Å². The van der Waals surface area contributed by atoms with Gasteiger partial charge in [0.05, 0.1) is 6.04 Å².